The number of urea groups is 1. The van der Waals surface area contributed by atoms with E-state index in [-0.39, 0.29) is 5.56 Å². The monoisotopic (exact) mass is 338 g/mol. The largest absolute Gasteiger partial charge is 0.325 e. The number of carbonyl (C=O) groups is 3. The number of fused-ring (bicyclic) bond motifs is 2. The lowest BCUT2D eigenvalue weighted by atomic mass is 9.92. The first kappa shape index (κ1) is 15.5. The van der Waals surface area contributed by atoms with Crippen LogP contribution in [-0.2, 0) is 16.8 Å². The first-order valence-corrected chi connectivity index (χ1v) is 8.03. The molecule has 1 saturated heterocycles. The second kappa shape index (κ2) is 5.51. The van der Waals surface area contributed by atoms with Crippen molar-refractivity contribution in [3.63, 3.8) is 0 Å². The second-order valence-electron chi connectivity index (χ2n) is 6.29. The lowest BCUT2D eigenvalue weighted by Crippen LogP contribution is -2.42. The molecular formula is C19H15FN2O3. The summed E-state index contributed by atoms with van der Waals surface area (Å²) < 4.78 is 13.8. The van der Waals surface area contributed by atoms with Gasteiger partial charge in [-0.15, -0.1) is 0 Å². The highest BCUT2D eigenvalue weighted by atomic mass is 19.1. The Hall–Kier alpha value is -3.02. The van der Waals surface area contributed by atoms with Crippen LogP contribution in [0.2, 0.25) is 0 Å². The molecule has 1 atom stereocenters. The van der Waals surface area contributed by atoms with E-state index in [0.29, 0.717) is 12.8 Å². The Morgan fingerprint density at radius 3 is 2.64 bits per heavy atom. The zero-order valence-corrected chi connectivity index (χ0v) is 13.3. The molecule has 0 bridgehead atoms. The van der Waals surface area contributed by atoms with Crippen molar-refractivity contribution in [3.8, 4) is 0 Å². The van der Waals surface area contributed by atoms with E-state index in [1.54, 1.807) is 0 Å². The van der Waals surface area contributed by atoms with Crippen LogP contribution in [0.1, 0.15) is 27.9 Å². The summed E-state index contributed by atoms with van der Waals surface area (Å²) in [6.07, 6.45) is 1.14. The zero-order chi connectivity index (χ0) is 17.6. The molecule has 3 amide bonds. The fourth-order valence-electron chi connectivity index (χ4n) is 3.65. The summed E-state index contributed by atoms with van der Waals surface area (Å²) in [5, 5.41) is 2.75. The molecule has 1 aliphatic heterocycles. The van der Waals surface area contributed by atoms with E-state index in [2.05, 4.69) is 5.32 Å². The van der Waals surface area contributed by atoms with Crippen molar-refractivity contribution in [1.29, 1.82) is 0 Å². The third-order valence-corrected chi connectivity index (χ3v) is 4.90. The highest BCUT2D eigenvalue weighted by Gasteiger charge is 2.55. The number of imide groups is 1. The van der Waals surface area contributed by atoms with Crippen molar-refractivity contribution < 1.29 is 18.8 Å². The van der Waals surface area contributed by atoms with Crippen molar-refractivity contribution in [2.75, 3.05) is 6.54 Å². The molecule has 0 saturated carbocycles. The summed E-state index contributed by atoms with van der Waals surface area (Å²) in [7, 11) is 0. The van der Waals surface area contributed by atoms with Crippen LogP contribution in [0.4, 0.5) is 9.18 Å². The minimum absolute atomic E-state index is 0.129. The van der Waals surface area contributed by atoms with Gasteiger partial charge in [-0.3, -0.25) is 14.5 Å². The molecule has 1 aliphatic carbocycles. The van der Waals surface area contributed by atoms with Gasteiger partial charge in [0.25, 0.3) is 5.91 Å². The summed E-state index contributed by atoms with van der Waals surface area (Å²) in [6.45, 7) is -0.477. The first-order valence-electron chi connectivity index (χ1n) is 8.03. The van der Waals surface area contributed by atoms with Crippen LogP contribution in [0.3, 0.4) is 0 Å². The third-order valence-electron chi connectivity index (χ3n) is 4.90. The predicted octanol–water partition coefficient (Wildman–Crippen LogP) is 2.40. The Morgan fingerprint density at radius 1 is 1.12 bits per heavy atom. The average molecular weight is 338 g/mol. The standard InChI is InChI=1S/C19H15FN2O3/c20-15-8-4-2-6-13(15)16(23)11-22-17(24)19(21-18(22)25)10-9-12-5-1-3-7-14(12)19/h1-8H,9-11H2,(H,21,25)/t19-/m1/s1. The van der Waals surface area contributed by atoms with E-state index in [4.69, 9.17) is 0 Å². The van der Waals surface area contributed by atoms with E-state index in [9.17, 15) is 18.8 Å². The van der Waals surface area contributed by atoms with Gasteiger partial charge in [-0.1, -0.05) is 36.4 Å². The molecule has 1 spiro atoms. The number of Topliss-reactive ketones (excluding diaryl/α,β-unsaturated/α-hetero) is 1. The van der Waals surface area contributed by atoms with Crippen LogP contribution in [0.25, 0.3) is 0 Å². The van der Waals surface area contributed by atoms with Gasteiger partial charge in [0.1, 0.15) is 11.4 Å². The number of carbonyl (C=O) groups excluding carboxylic acids is 3. The van der Waals surface area contributed by atoms with Crippen molar-refractivity contribution in [2.45, 2.75) is 18.4 Å². The van der Waals surface area contributed by atoms with Gasteiger partial charge in [-0.25, -0.2) is 9.18 Å². The normalized spacial score (nSPS) is 21.6. The number of ketones is 1. The molecule has 2 aromatic carbocycles. The molecule has 0 unspecified atom stereocenters. The van der Waals surface area contributed by atoms with Gasteiger partial charge in [-0.05, 0) is 36.1 Å². The maximum Gasteiger partial charge on any atom is 0.325 e. The lowest BCUT2D eigenvalue weighted by molar-refractivity contribution is -0.131. The summed E-state index contributed by atoms with van der Waals surface area (Å²) in [5.74, 6) is -1.72. The summed E-state index contributed by atoms with van der Waals surface area (Å²) >= 11 is 0. The number of rotatable bonds is 3. The molecule has 2 aromatic rings. The summed E-state index contributed by atoms with van der Waals surface area (Å²) in [4.78, 5) is 38.5. The minimum atomic E-state index is -1.11. The smallest absolute Gasteiger partial charge is 0.319 e. The average Bonchev–Trinajstić information content (AvgIpc) is 3.09. The van der Waals surface area contributed by atoms with E-state index in [0.717, 1.165) is 16.0 Å². The zero-order valence-electron chi connectivity index (χ0n) is 13.3. The Bertz CT molecular complexity index is 911. The highest BCUT2D eigenvalue weighted by Crippen LogP contribution is 2.41. The number of halogens is 1. The lowest BCUT2D eigenvalue weighted by Gasteiger charge is -2.22. The maximum atomic E-state index is 13.8. The summed E-state index contributed by atoms with van der Waals surface area (Å²) in [6, 6.07) is 12.4. The topological polar surface area (TPSA) is 66.5 Å². The van der Waals surface area contributed by atoms with E-state index >= 15 is 0 Å². The van der Waals surface area contributed by atoms with Gasteiger partial charge in [0.2, 0.25) is 0 Å². The molecule has 4 rings (SSSR count). The summed E-state index contributed by atoms with van der Waals surface area (Å²) in [5.41, 5.74) is 0.548. The Balaban J connectivity index is 1.63. The Morgan fingerprint density at radius 2 is 1.84 bits per heavy atom. The first-order chi connectivity index (χ1) is 12.0. The van der Waals surface area contributed by atoms with Gasteiger partial charge >= 0.3 is 6.03 Å². The quantitative estimate of drug-likeness (QED) is 0.690. The van der Waals surface area contributed by atoms with Crippen LogP contribution in [0.5, 0.6) is 0 Å². The van der Waals surface area contributed by atoms with Gasteiger partial charge in [0, 0.05) is 0 Å². The van der Waals surface area contributed by atoms with Crippen LogP contribution in [0, 0.1) is 5.82 Å². The molecule has 1 fully saturated rings. The van der Waals surface area contributed by atoms with Gasteiger partial charge in [0.15, 0.2) is 5.78 Å². The predicted molar refractivity (Wildman–Crippen MR) is 87.4 cm³/mol. The fraction of sp³-hybridized carbons (Fsp3) is 0.211. The Labute approximate surface area is 143 Å². The molecule has 6 heteroatoms. The molecule has 1 heterocycles. The molecule has 2 aliphatic rings. The number of nitrogens with zero attached hydrogens (tertiary/aromatic N) is 1. The van der Waals surface area contributed by atoms with Gasteiger partial charge < -0.3 is 5.32 Å². The molecule has 5 nitrogen and oxygen atoms in total. The van der Waals surface area contributed by atoms with E-state index in [1.807, 2.05) is 24.3 Å². The molecular weight excluding hydrogens is 323 g/mol. The van der Waals surface area contributed by atoms with E-state index in [1.165, 1.54) is 24.3 Å². The third kappa shape index (κ3) is 2.25. The Kier molecular flexibility index (Phi) is 3.42. The van der Waals surface area contributed by atoms with E-state index < -0.39 is 35.6 Å². The SMILES string of the molecule is O=C(CN1C(=O)N[C@@]2(CCc3ccccc32)C1=O)c1ccccc1F. The number of amides is 3. The fourth-order valence-corrected chi connectivity index (χ4v) is 3.65. The molecule has 25 heavy (non-hydrogen) atoms. The second-order valence-corrected chi connectivity index (χ2v) is 6.29. The number of aryl methyl sites for hydroxylation is 1. The van der Waals surface area contributed by atoms with Crippen LogP contribution in [0.15, 0.2) is 48.5 Å². The number of benzene rings is 2. The van der Waals surface area contributed by atoms with Gasteiger partial charge in [-0.2, -0.15) is 0 Å². The van der Waals surface area contributed by atoms with Crippen molar-refractivity contribution in [1.82, 2.24) is 10.2 Å². The highest BCUT2D eigenvalue weighted by molar-refractivity contribution is 6.11. The number of nitrogens with one attached hydrogen (secondary N) is 1. The van der Waals surface area contributed by atoms with Crippen LogP contribution in [-0.4, -0.2) is 29.2 Å². The number of hydrogen-bond acceptors (Lipinski definition) is 3. The van der Waals surface area contributed by atoms with Crippen molar-refractivity contribution in [3.05, 3.63) is 71.0 Å². The van der Waals surface area contributed by atoms with Crippen LogP contribution < -0.4 is 5.32 Å². The molecule has 0 aromatic heterocycles. The minimum Gasteiger partial charge on any atom is -0.319 e. The molecule has 1 N–H and O–H groups in total. The number of hydrogen-bond donors (Lipinski definition) is 1. The molecule has 126 valence electrons. The maximum absolute atomic E-state index is 13.8. The van der Waals surface area contributed by atoms with Crippen LogP contribution >= 0.6 is 0 Å². The molecule has 0 radical (unpaired) electrons. The van der Waals surface area contributed by atoms with Crippen molar-refractivity contribution >= 4 is 17.7 Å². The van der Waals surface area contributed by atoms with Gasteiger partial charge in [0.05, 0.1) is 12.1 Å². The van der Waals surface area contributed by atoms with Crippen molar-refractivity contribution in [2.24, 2.45) is 0 Å².